The van der Waals surface area contributed by atoms with Gasteiger partial charge in [0.05, 0.1) is 18.4 Å². The summed E-state index contributed by atoms with van der Waals surface area (Å²) < 4.78 is 10.4. The van der Waals surface area contributed by atoms with Crippen molar-refractivity contribution in [3.05, 3.63) is 23.8 Å². The number of anilines is 1. The first-order valence-corrected chi connectivity index (χ1v) is 6.64. The molecule has 1 aliphatic carbocycles. The van der Waals surface area contributed by atoms with Gasteiger partial charge < -0.3 is 14.6 Å². The number of aliphatic hydroxyl groups is 1. The SMILES string of the molecule is COc1ccc(NC(=O)OC(C)(C)C)c(C2(O)CC2)c1. The fourth-order valence-electron chi connectivity index (χ4n) is 1.95. The molecule has 0 bridgehead atoms. The van der Waals surface area contributed by atoms with Crippen LogP contribution in [0.3, 0.4) is 0 Å². The van der Waals surface area contributed by atoms with E-state index < -0.39 is 17.3 Å². The lowest BCUT2D eigenvalue weighted by molar-refractivity contribution is 0.0635. The molecule has 0 heterocycles. The molecule has 1 fully saturated rings. The van der Waals surface area contributed by atoms with Crippen LogP contribution in [0.4, 0.5) is 10.5 Å². The van der Waals surface area contributed by atoms with Crippen LogP contribution >= 0.6 is 0 Å². The average Bonchev–Trinajstić information content (AvgIpc) is 3.06. The molecule has 0 saturated heterocycles. The monoisotopic (exact) mass is 279 g/mol. The van der Waals surface area contributed by atoms with E-state index in [1.165, 1.54) is 0 Å². The molecule has 1 aliphatic rings. The Morgan fingerprint density at radius 3 is 2.50 bits per heavy atom. The van der Waals surface area contributed by atoms with Gasteiger partial charge in [0.1, 0.15) is 11.4 Å². The highest BCUT2D eigenvalue weighted by atomic mass is 16.6. The largest absolute Gasteiger partial charge is 0.497 e. The second-order valence-electron chi connectivity index (χ2n) is 6.07. The summed E-state index contributed by atoms with van der Waals surface area (Å²) >= 11 is 0. The molecule has 110 valence electrons. The van der Waals surface area contributed by atoms with Crippen molar-refractivity contribution in [2.75, 3.05) is 12.4 Å². The molecule has 2 N–H and O–H groups in total. The van der Waals surface area contributed by atoms with Gasteiger partial charge in [-0.25, -0.2) is 4.79 Å². The number of hydrogen-bond acceptors (Lipinski definition) is 4. The molecule has 2 rings (SSSR count). The minimum Gasteiger partial charge on any atom is -0.497 e. The van der Waals surface area contributed by atoms with E-state index >= 15 is 0 Å². The number of carbonyl (C=O) groups excluding carboxylic acids is 1. The van der Waals surface area contributed by atoms with Gasteiger partial charge in [-0.1, -0.05) is 0 Å². The Morgan fingerprint density at radius 2 is 2.00 bits per heavy atom. The predicted octanol–water partition coefficient (Wildman–Crippen LogP) is 3.02. The summed E-state index contributed by atoms with van der Waals surface area (Å²) in [6, 6.07) is 5.20. The highest BCUT2D eigenvalue weighted by molar-refractivity contribution is 5.86. The molecular formula is C15H21NO4. The number of nitrogens with one attached hydrogen (secondary N) is 1. The molecule has 20 heavy (non-hydrogen) atoms. The van der Waals surface area contributed by atoms with Crippen LogP contribution in [0.15, 0.2) is 18.2 Å². The topological polar surface area (TPSA) is 67.8 Å². The molecule has 0 unspecified atom stereocenters. The van der Waals surface area contributed by atoms with E-state index in [0.29, 0.717) is 29.8 Å². The number of benzene rings is 1. The molecule has 1 aromatic carbocycles. The Balaban J connectivity index is 2.21. The van der Waals surface area contributed by atoms with Crippen LogP contribution in [0.2, 0.25) is 0 Å². The molecule has 5 heteroatoms. The molecular weight excluding hydrogens is 258 g/mol. The third-order valence-electron chi connectivity index (χ3n) is 3.09. The summed E-state index contributed by atoms with van der Waals surface area (Å²) in [5.41, 5.74) is -0.200. The minimum atomic E-state index is -0.862. The second kappa shape index (κ2) is 4.98. The van der Waals surface area contributed by atoms with Gasteiger partial charge in [-0.15, -0.1) is 0 Å². The average molecular weight is 279 g/mol. The van der Waals surface area contributed by atoms with Crippen LogP contribution in [0.5, 0.6) is 5.75 Å². The first-order chi connectivity index (χ1) is 9.23. The van der Waals surface area contributed by atoms with Crippen molar-refractivity contribution in [3.8, 4) is 5.75 Å². The van der Waals surface area contributed by atoms with Crippen molar-refractivity contribution in [2.24, 2.45) is 0 Å². The first-order valence-electron chi connectivity index (χ1n) is 6.64. The van der Waals surface area contributed by atoms with E-state index in [4.69, 9.17) is 9.47 Å². The molecule has 0 aromatic heterocycles. The van der Waals surface area contributed by atoms with E-state index in [1.54, 1.807) is 46.1 Å². The Labute approximate surface area is 118 Å². The number of hydrogen-bond donors (Lipinski definition) is 2. The van der Waals surface area contributed by atoms with Crippen LogP contribution in [0.1, 0.15) is 39.2 Å². The van der Waals surface area contributed by atoms with Crippen LogP contribution in [0.25, 0.3) is 0 Å². The molecule has 1 aromatic rings. The van der Waals surface area contributed by atoms with Crippen LogP contribution in [0, 0.1) is 0 Å². The van der Waals surface area contributed by atoms with E-state index in [0.717, 1.165) is 0 Å². The maximum absolute atomic E-state index is 11.8. The lowest BCUT2D eigenvalue weighted by atomic mass is 10.0. The third-order valence-corrected chi connectivity index (χ3v) is 3.09. The van der Waals surface area contributed by atoms with Gasteiger partial charge in [-0.2, -0.15) is 0 Å². The lowest BCUT2D eigenvalue weighted by Crippen LogP contribution is -2.28. The van der Waals surface area contributed by atoms with Crippen molar-refractivity contribution < 1.29 is 19.4 Å². The van der Waals surface area contributed by atoms with Crippen molar-refractivity contribution >= 4 is 11.8 Å². The zero-order valence-electron chi connectivity index (χ0n) is 12.3. The van der Waals surface area contributed by atoms with Crippen LogP contribution in [-0.4, -0.2) is 23.9 Å². The summed E-state index contributed by atoms with van der Waals surface area (Å²) in [7, 11) is 1.57. The normalized spacial score (nSPS) is 16.4. The molecule has 5 nitrogen and oxygen atoms in total. The molecule has 0 atom stereocenters. The maximum Gasteiger partial charge on any atom is 0.412 e. The van der Waals surface area contributed by atoms with Crippen LogP contribution < -0.4 is 10.1 Å². The zero-order chi connectivity index (χ0) is 15.0. The Hall–Kier alpha value is -1.75. The summed E-state index contributed by atoms with van der Waals surface area (Å²) in [6.07, 6.45) is 0.833. The predicted molar refractivity (Wildman–Crippen MR) is 76.0 cm³/mol. The molecule has 0 spiro atoms. The van der Waals surface area contributed by atoms with Crippen molar-refractivity contribution in [3.63, 3.8) is 0 Å². The fraction of sp³-hybridized carbons (Fsp3) is 0.533. The zero-order valence-corrected chi connectivity index (χ0v) is 12.3. The Kier molecular flexibility index (Phi) is 3.65. The Morgan fingerprint density at radius 1 is 1.35 bits per heavy atom. The van der Waals surface area contributed by atoms with Gasteiger partial charge in [0.25, 0.3) is 0 Å². The van der Waals surface area contributed by atoms with Gasteiger partial charge in [0.15, 0.2) is 0 Å². The van der Waals surface area contributed by atoms with Gasteiger partial charge >= 0.3 is 6.09 Å². The van der Waals surface area contributed by atoms with E-state index in [9.17, 15) is 9.90 Å². The smallest absolute Gasteiger partial charge is 0.412 e. The number of rotatable bonds is 3. The molecule has 1 amide bonds. The Bertz CT molecular complexity index is 515. The van der Waals surface area contributed by atoms with Gasteiger partial charge in [0.2, 0.25) is 0 Å². The lowest BCUT2D eigenvalue weighted by Gasteiger charge is -2.21. The van der Waals surface area contributed by atoms with E-state index in [2.05, 4.69) is 5.32 Å². The summed E-state index contributed by atoms with van der Waals surface area (Å²) in [5.74, 6) is 0.648. The number of ether oxygens (including phenoxy) is 2. The maximum atomic E-state index is 11.8. The quantitative estimate of drug-likeness (QED) is 0.892. The van der Waals surface area contributed by atoms with Gasteiger partial charge in [-0.05, 0) is 51.8 Å². The minimum absolute atomic E-state index is 0.534. The standard InChI is InChI=1S/C15H21NO4/c1-14(2,3)20-13(17)16-12-6-5-10(19-4)9-11(12)15(18)7-8-15/h5-6,9,18H,7-8H2,1-4H3,(H,16,17). The number of amides is 1. The number of methoxy groups -OCH3 is 1. The van der Waals surface area contributed by atoms with E-state index in [-0.39, 0.29) is 0 Å². The third kappa shape index (κ3) is 3.42. The summed E-state index contributed by atoms with van der Waals surface area (Å²) in [5, 5.41) is 13.0. The molecule has 0 radical (unpaired) electrons. The molecule has 0 aliphatic heterocycles. The molecule has 1 saturated carbocycles. The van der Waals surface area contributed by atoms with Gasteiger partial charge in [0, 0.05) is 5.56 Å². The van der Waals surface area contributed by atoms with Crippen LogP contribution in [-0.2, 0) is 10.3 Å². The highest BCUT2D eigenvalue weighted by Gasteiger charge is 2.44. The van der Waals surface area contributed by atoms with Crippen molar-refractivity contribution in [1.82, 2.24) is 0 Å². The first kappa shape index (κ1) is 14.7. The van der Waals surface area contributed by atoms with Crippen molar-refractivity contribution in [1.29, 1.82) is 0 Å². The highest BCUT2D eigenvalue weighted by Crippen LogP contribution is 2.49. The van der Waals surface area contributed by atoms with E-state index in [1.807, 2.05) is 0 Å². The number of carbonyl (C=O) groups is 1. The summed E-state index contributed by atoms with van der Waals surface area (Å²) in [4.78, 5) is 11.8. The van der Waals surface area contributed by atoms with Crippen molar-refractivity contribution in [2.45, 2.75) is 44.8 Å². The second-order valence-corrected chi connectivity index (χ2v) is 6.07. The van der Waals surface area contributed by atoms with Gasteiger partial charge in [-0.3, -0.25) is 5.32 Å². The fourth-order valence-corrected chi connectivity index (χ4v) is 1.95. The summed E-state index contributed by atoms with van der Waals surface area (Å²) in [6.45, 7) is 5.40.